The molecule has 1 aliphatic heterocycles. The minimum atomic E-state index is -0.226. The van der Waals surface area contributed by atoms with Crippen molar-refractivity contribution in [3.05, 3.63) is 0 Å². The second-order valence-electron chi connectivity index (χ2n) is 3.78. The van der Waals surface area contributed by atoms with E-state index in [1.165, 1.54) is 6.92 Å². The fourth-order valence-corrected chi connectivity index (χ4v) is 1.77. The summed E-state index contributed by atoms with van der Waals surface area (Å²) < 4.78 is 5.17. The van der Waals surface area contributed by atoms with Crippen molar-refractivity contribution in [2.45, 2.75) is 45.8 Å². The summed E-state index contributed by atoms with van der Waals surface area (Å²) in [6.07, 6.45) is 1.60. The smallest absolute Gasteiger partial charge is 0.311 e. The Hall–Kier alpha value is -1.06. The van der Waals surface area contributed by atoms with Gasteiger partial charge in [0, 0.05) is 6.92 Å². The third-order valence-electron chi connectivity index (χ3n) is 2.52. The third-order valence-corrected chi connectivity index (χ3v) is 2.52. The van der Waals surface area contributed by atoms with Crippen molar-refractivity contribution in [2.75, 3.05) is 0 Å². The number of hydrogen-bond acceptors (Lipinski definition) is 3. The molecule has 1 fully saturated rings. The molecule has 1 heterocycles. The van der Waals surface area contributed by atoms with Gasteiger partial charge in [0.05, 0.1) is 12.0 Å². The quantitative estimate of drug-likeness (QED) is 0.686. The Morgan fingerprint density at radius 3 is 2.71 bits per heavy atom. The van der Waals surface area contributed by atoms with Gasteiger partial charge in [0.2, 0.25) is 5.91 Å². The van der Waals surface area contributed by atoms with E-state index in [2.05, 4.69) is 5.32 Å². The predicted octanol–water partition coefficient (Wildman–Crippen LogP) is 0.853. The summed E-state index contributed by atoms with van der Waals surface area (Å²) in [6.45, 7) is 5.28. The standard InChI is InChI=1S/C10H17NO3/c1-4-5-8-9(11-7(3)12)6(2)10(13)14-8/h6,8-9H,4-5H2,1-3H3,(H,11,12)/t6-,8-,9+/m1/s1. The van der Waals surface area contributed by atoms with E-state index < -0.39 is 0 Å². The van der Waals surface area contributed by atoms with Gasteiger partial charge >= 0.3 is 5.97 Å². The van der Waals surface area contributed by atoms with Gasteiger partial charge in [0.25, 0.3) is 0 Å². The molecular formula is C10H17NO3. The molecule has 4 heteroatoms. The lowest BCUT2D eigenvalue weighted by Crippen LogP contribution is -2.42. The van der Waals surface area contributed by atoms with Crippen LogP contribution in [-0.4, -0.2) is 24.0 Å². The molecule has 0 saturated carbocycles. The monoisotopic (exact) mass is 199 g/mol. The first-order valence-electron chi connectivity index (χ1n) is 5.03. The molecule has 0 aliphatic carbocycles. The van der Waals surface area contributed by atoms with Crippen LogP contribution in [-0.2, 0) is 14.3 Å². The Kier molecular flexibility index (Phi) is 3.49. The maximum atomic E-state index is 11.3. The molecule has 0 aromatic carbocycles. The maximum Gasteiger partial charge on any atom is 0.311 e. The van der Waals surface area contributed by atoms with Gasteiger partial charge in [-0.3, -0.25) is 9.59 Å². The van der Waals surface area contributed by atoms with Crippen LogP contribution < -0.4 is 5.32 Å². The van der Waals surface area contributed by atoms with Crippen molar-refractivity contribution in [1.29, 1.82) is 0 Å². The minimum Gasteiger partial charge on any atom is -0.460 e. The fraction of sp³-hybridized carbons (Fsp3) is 0.800. The number of carbonyl (C=O) groups is 2. The van der Waals surface area contributed by atoms with Crippen LogP contribution in [0.3, 0.4) is 0 Å². The lowest BCUT2D eigenvalue weighted by molar-refractivity contribution is -0.144. The Balaban J connectivity index is 2.65. The molecular weight excluding hydrogens is 182 g/mol. The summed E-state index contributed by atoms with van der Waals surface area (Å²) in [6, 6.07) is -0.153. The van der Waals surface area contributed by atoms with Crippen LogP contribution in [0, 0.1) is 5.92 Å². The second-order valence-corrected chi connectivity index (χ2v) is 3.78. The Labute approximate surface area is 84.0 Å². The van der Waals surface area contributed by atoms with E-state index in [9.17, 15) is 9.59 Å². The summed E-state index contributed by atoms with van der Waals surface area (Å²) >= 11 is 0. The third kappa shape index (κ3) is 2.25. The Bertz CT molecular complexity index is 240. The molecule has 14 heavy (non-hydrogen) atoms. The molecule has 80 valence electrons. The van der Waals surface area contributed by atoms with Gasteiger partial charge in [-0.15, -0.1) is 0 Å². The molecule has 1 amide bonds. The van der Waals surface area contributed by atoms with Gasteiger partial charge in [-0.25, -0.2) is 0 Å². The molecule has 0 unspecified atom stereocenters. The molecule has 1 saturated heterocycles. The van der Waals surface area contributed by atoms with Crippen LogP contribution in [0.25, 0.3) is 0 Å². The molecule has 0 aromatic heterocycles. The second kappa shape index (κ2) is 4.44. The van der Waals surface area contributed by atoms with Gasteiger partial charge in [-0.05, 0) is 13.3 Å². The van der Waals surface area contributed by atoms with Crippen LogP contribution >= 0.6 is 0 Å². The van der Waals surface area contributed by atoms with E-state index in [1.54, 1.807) is 6.92 Å². The van der Waals surface area contributed by atoms with Crippen LogP contribution in [0.4, 0.5) is 0 Å². The maximum absolute atomic E-state index is 11.3. The highest BCUT2D eigenvalue weighted by atomic mass is 16.6. The number of esters is 1. The van der Waals surface area contributed by atoms with Crippen molar-refractivity contribution >= 4 is 11.9 Å². The van der Waals surface area contributed by atoms with Crippen molar-refractivity contribution in [1.82, 2.24) is 5.32 Å². The zero-order valence-corrected chi connectivity index (χ0v) is 8.87. The van der Waals surface area contributed by atoms with Gasteiger partial charge < -0.3 is 10.1 Å². The van der Waals surface area contributed by atoms with E-state index in [4.69, 9.17) is 4.74 Å². The molecule has 1 N–H and O–H groups in total. The van der Waals surface area contributed by atoms with E-state index in [-0.39, 0.29) is 29.9 Å². The lowest BCUT2D eigenvalue weighted by Gasteiger charge is -2.19. The summed E-state index contributed by atoms with van der Waals surface area (Å²) in [4.78, 5) is 22.2. The van der Waals surface area contributed by atoms with Crippen LogP contribution in [0.2, 0.25) is 0 Å². The SMILES string of the molecule is CCC[C@H]1OC(=O)[C@H](C)[C@@H]1NC(C)=O. The van der Waals surface area contributed by atoms with Crippen molar-refractivity contribution in [3.8, 4) is 0 Å². The fourth-order valence-electron chi connectivity index (χ4n) is 1.77. The number of hydrogen-bond donors (Lipinski definition) is 1. The summed E-state index contributed by atoms with van der Waals surface area (Å²) in [5.74, 6) is -0.543. The molecule has 0 aromatic rings. The molecule has 3 atom stereocenters. The van der Waals surface area contributed by atoms with Gasteiger partial charge in [-0.1, -0.05) is 13.3 Å². The number of amides is 1. The number of nitrogens with one attached hydrogen (secondary N) is 1. The summed E-state index contributed by atoms with van der Waals surface area (Å²) in [5, 5.41) is 2.77. The highest BCUT2D eigenvalue weighted by molar-refractivity contribution is 5.79. The molecule has 0 bridgehead atoms. The lowest BCUT2D eigenvalue weighted by atomic mass is 9.97. The predicted molar refractivity (Wildman–Crippen MR) is 51.6 cm³/mol. The van der Waals surface area contributed by atoms with Gasteiger partial charge in [0.1, 0.15) is 6.10 Å². The van der Waals surface area contributed by atoms with Crippen LogP contribution in [0.15, 0.2) is 0 Å². The molecule has 1 rings (SSSR count). The first-order chi connectivity index (χ1) is 6.56. The van der Waals surface area contributed by atoms with E-state index >= 15 is 0 Å². The Morgan fingerprint density at radius 1 is 1.57 bits per heavy atom. The van der Waals surface area contributed by atoms with E-state index in [0.29, 0.717) is 0 Å². The normalized spacial score (nSPS) is 31.4. The van der Waals surface area contributed by atoms with E-state index in [0.717, 1.165) is 12.8 Å². The number of carbonyl (C=O) groups excluding carboxylic acids is 2. The minimum absolute atomic E-state index is 0.110. The number of rotatable bonds is 3. The Morgan fingerprint density at radius 2 is 2.21 bits per heavy atom. The summed E-state index contributed by atoms with van der Waals surface area (Å²) in [7, 11) is 0. The van der Waals surface area contributed by atoms with Crippen molar-refractivity contribution in [3.63, 3.8) is 0 Å². The zero-order valence-electron chi connectivity index (χ0n) is 8.87. The van der Waals surface area contributed by atoms with Crippen LogP contribution in [0.5, 0.6) is 0 Å². The molecule has 0 radical (unpaired) electrons. The number of ether oxygens (including phenoxy) is 1. The van der Waals surface area contributed by atoms with Gasteiger partial charge in [-0.2, -0.15) is 0 Å². The highest BCUT2D eigenvalue weighted by Gasteiger charge is 2.41. The van der Waals surface area contributed by atoms with E-state index in [1.807, 2.05) is 6.92 Å². The molecule has 1 aliphatic rings. The summed E-state index contributed by atoms with van der Waals surface area (Å²) in [5.41, 5.74) is 0. The van der Waals surface area contributed by atoms with Crippen molar-refractivity contribution < 1.29 is 14.3 Å². The molecule has 0 spiro atoms. The average molecular weight is 199 g/mol. The van der Waals surface area contributed by atoms with Gasteiger partial charge in [0.15, 0.2) is 0 Å². The highest BCUT2D eigenvalue weighted by Crippen LogP contribution is 2.24. The first-order valence-corrected chi connectivity index (χ1v) is 5.03. The average Bonchev–Trinajstić information content (AvgIpc) is 2.33. The number of cyclic esters (lactones) is 1. The molecule has 4 nitrogen and oxygen atoms in total. The zero-order chi connectivity index (χ0) is 10.7. The largest absolute Gasteiger partial charge is 0.460 e. The van der Waals surface area contributed by atoms with Crippen molar-refractivity contribution in [2.24, 2.45) is 5.92 Å². The first kappa shape index (κ1) is 11.0. The van der Waals surface area contributed by atoms with Crippen LogP contribution in [0.1, 0.15) is 33.6 Å². The topological polar surface area (TPSA) is 55.4 Å².